The van der Waals surface area contributed by atoms with Crippen molar-refractivity contribution in [2.45, 2.75) is 51.9 Å². The lowest BCUT2D eigenvalue weighted by molar-refractivity contribution is -0.168. The van der Waals surface area contributed by atoms with E-state index in [1.165, 1.54) is 0 Å². The molecule has 78 valence electrons. The Hall–Kier alpha value is -0.120. The predicted octanol–water partition coefficient (Wildman–Crippen LogP) is 2.06. The monoisotopic (exact) mass is 208 g/mol. The van der Waals surface area contributed by atoms with Crippen molar-refractivity contribution in [1.29, 1.82) is 0 Å². The molecular weight excluding hydrogens is 192 g/mol. The Labute approximate surface area is 84.0 Å². The average Bonchev–Trinajstić information content (AvgIpc) is 1.81. The zero-order chi connectivity index (χ0) is 10.5. The molecule has 0 aliphatic heterocycles. The first-order valence-electron chi connectivity index (χ1n) is 4.35. The molecule has 0 amide bonds. The maximum Gasteiger partial charge on any atom is 0.221 e. The summed E-state index contributed by atoms with van der Waals surface area (Å²) >= 11 is 5.13. The first-order chi connectivity index (χ1) is 5.81. The lowest BCUT2D eigenvalue weighted by atomic mass is 10.2. The summed E-state index contributed by atoms with van der Waals surface area (Å²) in [5, 5.41) is 8.95. The number of hydrogen-bond donors (Lipinski definition) is 1. The van der Waals surface area contributed by atoms with Crippen LogP contribution in [0.1, 0.15) is 40.0 Å². The molecule has 0 saturated carbocycles. The van der Waals surface area contributed by atoms with Crippen LogP contribution in [0.4, 0.5) is 0 Å². The quantitative estimate of drug-likeness (QED) is 0.556. The van der Waals surface area contributed by atoms with Gasteiger partial charge in [0.05, 0.1) is 5.60 Å². The summed E-state index contributed by atoms with van der Waals surface area (Å²) in [6.45, 7) is 5.59. The van der Waals surface area contributed by atoms with Crippen molar-refractivity contribution < 1.29 is 14.6 Å². The van der Waals surface area contributed by atoms with Gasteiger partial charge in [0.2, 0.25) is 5.24 Å². The molecular formula is C9H17ClO3. The fourth-order valence-electron chi connectivity index (χ4n) is 0.883. The molecule has 1 atom stereocenters. The highest BCUT2D eigenvalue weighted by Crippen LogP contribution is 2.13. The highest BCUT2D eigenvalue weighted by atomic mass is 35.5. The Morgan fingerprint density at radius 3 is 2.46 bits per heavy atom. The smallest absolute Gasteiger partial charge is 0.221 e. The van der Waals surface area contributed by atoms with E-state index in [2.05, 4.69) is 0 Å². The van der Waals surface area contributed by atoms with Crippen LogP contribution in [0.25, 0.3) is 0 Å². The third kappa shape index (κ3) is 9.80. The van der Waals surface area contributed by atoms with Crippen LogP contribution >= 0.6 is 11.6 Å². The van der Waals surface area contributed by atoms with Crippen molar-refractivity contribution in [2.24, 2.45) is 0 Å². The molecule has 1 unspecified atom stereocenters. The molecule has 3 nitrogen and oxygen atoms in total. The minimum absolute atomic E-state index is 0.284. The summed E-state index contributed by atoms with van der Waals surface area (Å²) in [6.07, 6.45) is 0.470. The highest BCUT2D eigenvalue weighted by Gasteiger charge is 2.16. The number of rotatable bonds is 5. The number of hydrogen-bond acceptors (Lipinski definition) is 3. The minimum atomic E-state index is -0.809. The van der Waals surface area contributed by atoms with Crippen molar-refractivity contribution in [3.8, 4) is 0 Å². The van der Waals surface area contributed by atoms with Gasteiger partial charge >= 0.3 is 0 Å². The van der Waals surface area contributed by atoms with Crippen molar-refractivity contribution in [3.63, 3.8) is 0 Å². The second-order valence-corrected chi connectivity index (χ2v) is 4.35. The number of aliphatic hydroxyl groups excluding tert-OH is 1. The normalized spacial score (nSPS) is 14.2. The van der Waals surface area contributed by atoms with E-state index in [4.69, 9.17) is 16.3 Å². The maximum atomic E-state index is 10.4. The topological polar surface area (TPSA) is 46.5 Å². The van der Waals surface area contributed by atoms with Crippen LogP contribution in [0.2, 0.25) is 0 Å². The van der Waals surface area contributed by atoms with E-state index in [1.807, 2.05) is 20.8 Å². The molecule has 0 fully saturated rings. The van der Waals surface area contributed by atoms with Gasteiger partial charge in [0.25, 0.3) is 0 Å². The lowest BCUT2D eigenvalue weighted by Crippen LogP contribution is -2.27. The van der Waals surface area contributed by atoms with Gasteiger partial charge < -0.3 is 9.84 Å². The van der Waals surface area contributed by atoms with Crippen LogP contribution in [0.5, 0.6) is 0 Å². The Bertz CT molecular complexity index is 163. The van der Waals surface area contributed by atoms with Crippen LogP contribution in [0, 0.1) is 0 Å². The molecule has 1 N–H and O–H groups in total. The summed E-state index contributed by atoms with van der Waals surface area (Å²) < 4.78 is 5.22. The van der Waals surface area contributed by atoms with Crippen LogP contribution in [0.3, 0.4) is 0 Å². The molecule has 0 saturated heterocycles. The predicted molar refractivity (Wildman–Crippen MR) is 51.6 cm³/mol. The van der Waals surface area contributed by atoms with Gasteiger partial charge in [0.1, 0.15) is 0 Å². The van der Waals surface area contributed by atoms with E-state index in [9.17, 15) is 9.90 Å². The largest absolute Gasteiger partial charge is 0.368 e. The van der Waals surface area contributed by atoms with Gasteiger partial charge in [-0.3, -0.25) is 4.79 Å². The average molecular weight is 209 g/mol. The molecule has 0 aromatic heterocycles. The van der Waals surface area contributed by atoms with Gasteiger partial charge in [-0.15, -0.1) is 0 Å². The zero-order valence-electron chi connectivity index (χ0n) is 8.34. The number of aliphatic hydroxyl groups is 1. The van der Waals surface area contributed by atoms with E-state index in [-0.39, 0.29) is 17.3 Å². The molecule has 0 heterocycles. The summed E-state index contributed by atoms with van der Waals surface area (Å²) in [7, 11) is 0. The van der Waals surface area contributed by atoms with Crippen LogP contribution in [-0.2, 0) is 9.53 Å². The summed E-state index contributed by atoms with van der Waals surface area (Å²) in [5.41, 5.74) is -0.357. The van der Waals surface area contributed by atoms with E-state index in [0.717, 1.165) is 0 Å². The fourth-order valence-corrected chi connectivity index (χ4v) is 1.02. The van der Waals surface area contributed by atoms with E-state index in [1.54, 1.807) is 0 Å². The van der Waals surface area contributed by atoms with Crippen molar-refractivity contribution in [3.05, 3.63) is 0 Å². The molecule has 0 radical (unpaired) electrons. The van der Waals surface area contributed by atoms with Crippen molar-refractivity contribution in [2.75, 3.05) is 0 Å². The molecule has 0 aromatic rings. The second kappa shape index (κ2) is 5.58. The standard InChI is InChI=1S/C9H17ClO3/c1-9(2,3)13-8(12)6-4-5-7(10)11/h8,12H,4-6H2,1-3H3. The number of carbonyl (C=O) groups excluding carboxylic acids is 1. The molecule has 0 rings (SSSR count). The van der Waals surface area contributed by atoms with Gasteiger partial charge in [-0.1, -0.05) is 0 Å². The van der Waals surface area contributed by atoms with Gasteiger partial charge in [0.15, 0.2) is 6.29 Å². The zero-order valence-corrected chi connectivity index (χ0v) is 9.10. The van der Waals surface area contributed by atoms with Crippen molar-refractivity contribution in [1.82, 2.24) is 0 Å². The fraction of sp³-hybridized carbons (Fsp3) is 0.889. The van der Waals surface area contributed by atoms with Crippen LogP contribution in [-0.4, -0.2) is 22.2 Å². The number of carbonyl (C=O) groups is 1. The minimum Gasteiger partial charge on any atom is -0.368 e. The molecule has 0 aliphatic carbocycles. The Morgan fingerprint density at radius 2 is 2.08 bits per heavy atom. The Balaban J connectivity index is 3.52. The number of ether oxygens (including phenoxy) is 1. The van der Waals surface area contributed by atoms with Gasteiger partial charge in [-0.05, 0) is 45.2 Å². The molecule has 0 spiro atoms. The Kier molecular flexibility index (Phi) is 5.53. The lowest BCUT2D eigenvalue weighted by Gasteiger charge is -2.23. The van der Waals surface area contributed by atoms with E-state index < -0.39 is 6.29 Å². The third-order valence-electron chi connectivity index (χ3n) is 1.31. The maximum absolute atomic E-state index is 10.4. The van der Waals surface area contributed by atoms with Gasteiger partial charge in [-0.2, -0.15) is 0 Å². The first-order valence-corrected chi connectivity index (χ1v) is 4.73. The summed E-state index contributed by atoms with van der Waals surface area (Å²) in [6, 6.07) is 0. The molecule has 0 aromatic carbocycles. The highest BCUT2D eigenvalue weighted by molar-refractivity contribution is 6.63. The van der Waals surface area contributed by atoms with Crippen molar-refractivity contribution >= 4 is 16.8 Å². The van der Waals surface area contributed by atoms with Crippen LogP contribution < -0.4 is 0 Å². The number of halogens is 1. The van der Waals surface area contributed by atoms with Crippen LogP contribution in [0.15, 0.2) is 0 Å². The SMILES string of the molecule is CC(C)(C)OC(O)CCCC(=O)Cl. The summed E-state index contributed by atoms with van der Waals surface area (Å²) in [5.74, 6) is 0. The van der Waals surface area contributed by atoms with Gasteiger partial charge in [-0.25, -0.2) is 0 Å². The summed E-state index contributed by atoms with van der Waals surface area (Å²) in [4.78, 5) is 10.4. The molecule has 0 bridgehead atoms. The first kappa shape index (κ1) is 12.9. The van der Waals surface area contributed by atoms with E-state index >= 15 is 0 Å². The Morgan fingerprint density at radius 1 is 1.54 bits per heavy atom. The molecule has 13 heavy (non-hydrogen) atoms. The molecule has 0 aliphatic rings. The van der Waals surface area contributed by atoms with Gasteiger partial charge in [0, 0.05) is 6.42 Å². The molecule has 4 heteroatoms. The third-order valence-corrected chi connectivity index (χ3v) is 1.50. The van der Waals surface area contributed by atoms with E-state index in [0.29, 0.717) is 12.8 Å². The second-order valence-electron chi connectivity index (χ2n) is 3.93.